The highest BCUT2D eigenvalue weighted by Crippen LogP contribution is 2.32. The van der Waals surface area contributed by atoms with Crippen LogP contribution in [-0.4, -0.2) is 17.9 Å². The molecule has 2 N–H and O–H groups in total. The molecule has 0 spiro atoms. The molecule has 0 radical (unpaired) electrons. The summed E-state index contributed by atoms with van der Waals surface area (Å²) in [5.41, 5.74) is 1.27. The first-order valence-corrected chi connectivity index (χ1v) is 8.27. The zero-order chi connectivity index (χ0) is 18.0. The van der Waals surface area contributed by atoms with Crippen LogP contribution in [0.5, 0.6) is 5.75 Å². The fraction of sp³-hybridized carbons (Fsp3) is 0.111. The van der Waals surface area contributed by atoms with E-state index >= 15 is 0 Å². The fourth-order valence-corrected chi connectivity index (χ4v) is 2.66. The maximum Gasteiger partial charge on any atom is 0.265 e. The Kier molecular flexibility index (Phi) is 4.85. The lowest BCUT2D eigenvalue weighted by atomic mass is 10.2. The minimum Gasteiger partial charge on any atom is -0.479 e. The predicted octanol–water partition coefficient (Wildman–Crippen LogP) is 3.96. The summed E-state index contributed by atoms with van der Waals surface area (Å²) in [7, 11) is 0. The number of rotatable bonds is 3. The molecule has 0 saturated carbocycles. The van der Waals surface area contributed by atoms with Gasteiger partial charge < -0.3 is 15.4 Å². The third kappa shape index (κ3) is 4.06. The van der Waals surface area contributed by atoms with Gasteiger partial charge in [0, 0.05) is 21.8 Å². The molecule has 0 unspecified atom stereocenters. The van der Waals surface area contributed by atoms with E-state index in [-0.39, 0.29) is 5.91 Å². The molecule has 1 heterocycles. The Morgan fingerprint density at radius 2 is 2.12 bits per heavy atom. The maximum absolute atomic E-state index is 13.6. The van der Waals surface area contributed by atoms with E-state index in [1.807, 2.05) is 0 Å². The van der Waals surface area contributed by atoms with Gasteiger partial charge in [0.25, 0.3) is 5.91 Å². The van der Waals surface area contributed by atoms with E-state index in [1.165, 1.54) is 18.2 Å². The third-order valence-electron chi connectivity index (χ3n) is 3.55. The summed E-state index contributed by atoms with van der Waals surface area (Å²) in [5, 5.41) is 5.36. The molecule has 5 nitrogen and oxygen atoms in total. The summed E-state index contributed by atoms with van der Waals surface area (Å²) in [6.07, 6.45) is 2.07. The SMILES string of the molecule is C[C@@H]1Oc2ccc(NC(=O)/C=C/c3cc(Br)ccc3F)cc2NC1=O. The smallest absolute Gasteiger partial charge is 0.265 e. The van der Waals surface area contributed by atoms with Gasteiger partial charge in [-0.1, -0.05) is 15.9 Å². The van der Waals surface area contributed by atoms with Crippen molar-refractivity contribution in [2.75, 3.05) is 10.6 Å². The normalized spacial score (nSPS) is 16.1. The minimum atomic E-state index is -0.559. The molecular weight excluding hydrogens is 391 g/mol. The summed E-state index contributed by atoms with van der Waals surface area (Å²) < 4.78 is 19.8. The lowest BCUT2D eigenvalue weighted by molar-refractivity contribution is -0.122. The Bertz CT molecular complexity index is 883. The molecule has 128 valence electrons. The number of anilines is 2. The number of hydrogen-bond donors (Lipinski definition) is 2. The number of halogens is 2. The van der Waals surface area contributed by atoms with Crippen LogP contribution in [0.2, 0.25) is 0 Å². The Morgan fingerprint density at radius 3 is 2.92 bits per heavy atom. The number of ether oxygens (including phenoxy) is 1. The average Bonchev–Trinajstić information content (AvgIpc) is 2.57. The molecule has 1 atom stereocenters. The molecule has 1 aliphatic heterocycles. The van der Waals surface area contributed by atoms with Gasteiger partial charge in [-0.2, -0.15) is 0 Å². The van der Waals surface area contributed by atoms with Crippen LogP contribution in [0.3, 0.4) is 0 Å². The molecule has 7 heteroatoms. The van der Waals surface area contributed by atoms with Crippen LogP contribution >= 0.6 is 15.9 Å². The van der Waals surface area contributed by atoms with Crippen molar-refractivity contribution in [1.82, 2.24) is 0 Å². The fourth-order valence-electron chi connectivity index (χ4n) is 2.28. The van der Waals surface area contributed by atoms with Crippen LogP contribution in [-0.2, 0) is 9.59 Å². The number of hydrogen-bond acceptors (Lipinski definition) is 3. The average molecular weight is 405 g/mol. The molecule has 2 amide bonds. The first-order chi connectivity index (χ1) is 11.9. The van der Waals surface area contributed by atoms with Crippen molar-refractivity contribution < 1.29 is 18.7 Å². The Balaban J connectivity index is 1.71. The van der Waals surface area contributed by atoms with Crippen molar-refractivity contribution in [3.05, 3.63) is 58.3 Å². The van der Waals surface area contributed by atoms with Gasteiger partial charge in [0.1, 0.15) is 11.6 Å². The highest BCUT2D eigenvalue weighted by molar-refractivity contribution is 9.10. The molecule has 2 aromatic rings. The monoisotopic (exact) mass is 404 g/mol. The lowest BCUT2D eigenvalue weighted by Gasteiger charge is -2.23. The van der Waals surface area contributed by atoms with Crippen molar-refractivity contribution in [3.63, 3.8) is 0 Å². The molecule has 2 aromatic carbocycles. The molecule has 0 bridgehead atoms. The summed E-state index contributed by atoms with van der Waals surface area (Å²) in [6, 6.07) is 9.40. The minimum absolute atomic E-state index is 0.249. The van der Waals surface area contributed by atoms with E-state index < -0.39 is 17.8 Å². The summed E-state index contributed by atoms with van der Waals surface area (Å²) in [4.78, 5) is 23.7. The van der Waals surface area contributed by atoms with E-state index in [4.69, 9.17) is 4.74 Å². The summed E-state index contributed by atoms with van der Waals surface area (Å²) in [6.45, 7) is 1.65. The molecular formula is C18H14BrFN2O3. The summed E-state index contributed by atoms with van der Waals surface area (Å²) >= 11 is 3.25. The zero-order valence-electron chi connectivity index (χ0n) is 13.2. The number of fused-ring (bicyclic) bond motifs is 1. The van der Waals surface area contributed by atoms with E-state index in [0.29, 0.717) is 27.2 Å². The zero-order valence-corrected chi connectivity index (χ0v) is 14.8. The quantitative estimate of drug-likeness (QED) is 0.760. The van der Waals surface area contributed by atoms with E-state index in [2.05, 4.69) is 26.6 Å². The topological polar surface area (TPSA) is 67.4 Å². The summed E-state index contributed by atoms with van der Waals surface area (Å²) in [5.74, 6) is -0.552. The van der Waals surface area contributed by atoms with E-state index in [1.54, 1.807) is 37.3 Å². The highest BCUT2D eigenvalue weighted by atomic mass is 79.9. The molecule has 1 aliphatic rings. The van der Waals surface area contributed by atoms with Gasteiger partial charge in [-0.3, -0.25) is 9.59 Å². The highest BCUT2D eigenvalue weighted by Gasteiger charge is 2.23. The van der Waals surface area contributed by atoms with E-state index in [0.717, 1.165) is 0 Å². The van der Waals surface area contributed by atoms with Crippen LogP contribution in [0.4, 0.5) is 15.8 Å². The van der Waals surface area contributed by atoms with Gasteiger partial charge in [0.05, 0.1) is 5.69 Å². The molecule has 0 saturated heterocycles. The van der Waals surface area contributed by atoms with Gasteiger partial charge in [0.2, 0.25) is 5.91 Å². The number of carbonyl (C=O) groups is 2. The van der Waals surface area contributed by atoms with Crippen LogP contribution in [0.1, 0.15) is 12.5 Å². The Morgan fingerprint density at radius 1 is 1.32 bits per heavy atom. The van der Waals surface area contributed by atoms with Crippen molar-refractivity contribution >= 4 is 45.2 Å². The molecule has 0 aliphatic carbocycles. The maximum atomic E-state index is 13.6. The van der Waals surface area contributed by atoms with Gasteiger partial charge >= 0.3 is 0 Å². The predicted molar refractivity (Wildman–Crippen MR) is 96.9 cm³/mol. The second-order valence-electron chi connectivity index (χ2n) is 5.45. The van der Waals surface area contributed by atoms with Crippen molar-refractivity contribution in [1.29, 1.82) is 0 Å². The van der Waals surface area contributed by atoms with Crippen molar-refractivity contribution in [2.24, 2.45) is 0 Å². The molecule has 0 fully saturated rings. The number of carbonyl (C=O) groups excluding carboxylic acids is 2. The van der Waals surface area contributed by atoms with Crippen LogP contribution in [0.15, 0.2) is 46.9 Å². The van der Waals surface area contributed by atoms with Crippen LogP contribution in [0, 0.1) is 5.82 Å². The largest absolute Gasteiger partial charge is 0.479 e. The number of benzene rings is 2. The van der Waals surface area contributed by atoms with Crippen molar-refractivity contribution in [3.8, 4) is 5.75 Å². The van der Waals surface area contributed by atoms with Gasteiger partial charge in [-0.15, -0.1) is 0 Å². The third-order valence-corrected chi connectivity index (χ3v) is 4.04. The second kappa shape index (κ2) is 7.06. The van der Waals surface area contributed by atoms with Crippen LogP contribution in [0.25, 0.3) is 6.08 Å². The van der Waals surface area contributed by atoms with Gasteiger partial charge in [0.15, 0.2) is 6.10 Å². The standard InChI is InChI=1S/C18H14BrFN2O3/c1-10-18(24)22-15-9-13(4-6-16(15)25-10)21-17(23)7-2-11-8-12(19)3-5-14(11)20/h2-10H,1H3,(H,21,23)(H,22,24)/b7-2+/t10-/m0/s1. The molecule has 3 rings (SSSR count). The molecule has 0 aromatic heterocycles. The Hall–Kier alpha value is -2.67. The van der Waals surface area contributed by atoms with E-state index in [9.17, 15) is 14.0 Å². The lowest BCUT2D eigenvalue weighted by Crippen LogP contribution is -2.34. The van der Waals surface area contributed by atoms with Gasteiger partial charge in [-0.25, -0.2) is 4.39 Å². The van der Waals surface area contributed by atoms with Crippen LogP contribution < -0.4 is 15.4 Å². The second-order valence-corrected chi connectivity index (χ2v) is 6.36. The number of amides is 2. The van der Waals surface area contributed by atoms with Gasteiger partial charge in [-0.05, 0) is 49.4 Å². The first kappa shape index (κ1) is 17.2. The Labute approximate surface area is 152 Å². The van der Waals surface area contributed by atoms with Crippen molar-refractivity contribution in [2.45, 2.75) is 13.0 Å². The first-order valence-electron chi connectivity index (χ1n) is 7.48. The molecule has 25 heavy (non-hydrogen) atoms. The number of nitrogens with one attached hydrogen (secondary N) is 2.